The van der Waals surface area contributed by atoms with Crippen LogP contribution >= 0.6 is 22.6 Å². The second-order valence-corrected chi connectivity index (χ2v) is 7.10. The lowest BCUT2D eigenvalue weighted by Gasteiger charge is -2.26. The lowest BCUT2D eigenvalue weighted by atomic mass is 9.86. The van der Waals surface area contributed by atoms with Crippen molar-refractivity contribution < 1.29 is 0 Å². The lowest BCUT2D eigenvalue weighted by Crippen LogP contribution is -2.34. The highest BCUT2D eigenvalue weighted by Gasteiger charge is 2.18. The van der Waals surface area contributed by atoms with E-state index in [4.69, 9.17) is 0 Å². The minimum absolute atomic E-state index is 0.385. The average molecular weight is 345 g/mol. The Bertz CT molecular complexity index is 324. The maximum absolute atomic E-state index is 3.60. The van der Waals surface area contributed by atoms with Crippen molar-refractivity contribution in [1.29, 1.82) is 0 Å². The van der Waals surface area contributed by atoms with E-state index in [0.29, 0.717) is 11.5 Å². The summed E-state index contributed by atoms with van der Waals surface area (Å²) in [6.45, 7) is 10.2. The predicted molar refractivity (Wildman–Crippen MR) is 84.4 cm³/mol. The summed E-state index contributed by atoms with van der Waals surface area (Å²) in [6, 6.07) is 9.45. The second kappa shape index (κ2) is 6.74. The van der Waals surface area contributed by atoms with Crippen LogP contribution in [-0.2, 0) is 6.42 Å². The van der Waals surface area contributed by atoms with Crippen LogP contribution in [-0.4, -0.2) is 12.6 Å². The normalized spacial score (nSPS) is 13.7. The zero-order valence-electron chi connectivity index (χ0n) is 11.4. The molecule has 1 aromatic rings. The first-order valence-corrected chi connectivity index (χ1v) is 7.46. The summed E-state index contributed by atoms with van der Waals surface area (Å²) < 4.78 is 1.31. The van der Waals surface area contributed by atoms with E-state index in [9.17, 15) is 0 Å². The van der Waals surface area contributed by atoms with Crippen LogP contribution < -0.4 is 5.32 Å². The minimum Gasteiger partial charge on any atom is -0.314 e. The average Bonchev–Trinajstić information content (AvgIpc) is 2.19. The van der Waals surface area contributed by atoms with Crippen LogP contribution in [0, 0.1) is 8.99 Å². The van der Waals surface area contributed by atoms with E-state index in [0.717, 1.165) is 13.0 Å². The Balaban J connectivity index is 2.63. The molecule has 1 rings (SSSR count). The van der Waals surface area contributed by atoms with Crippen molar-refractivity contribution in [3.63, 3.8) is 0 Å². The molecule has 0 amide bonds. The maximum atomic E-state index is 3.60. The van der Waals surface area contributed by atoms with Gasteiger partial charge in [-0.3, -0.25) is 0 Å². The first kappa shape index (κ1) is 15.0. The highest BCUT2D eigenvalue weighted by molar-refractivity contribution is 14.1. The summed E-state index contributed by atoms with van der Waals surface area (Å²) in [6.07, 6.45) is 2.34. The van der Waals surface area contributed by atoms with Crippen molar-refractivity contribution in [2.24, 2.45) is 5.41 Å². The number of nitrogens with one attached hydrogen (secondary N) is 1. The van der Waals surface area contributed by atoms with Crippen molar-refractivity contribution in [2.45, 2.75) is 46.6 Å². The SMILES string of the molecule is CCNC(Cc1ccc(I)cc1)CC(C)(C)C. The Morgan fingerprint density at radius 2 is 1.76 bits per heavy atom. The number of likely N-dealkylation sites (N-methyl/N-ethyl adjacent to an activating group) is 1. The molecule has 1 N–H and O–H groups in total. The Morgan fingerprint density at radius 1 is 1.18 bits per heavy atom. The van der Waals surface area contributed by atoms with Gasteiger partial charge in [0.15, 0.2) is 0 Å². The maximum Gasteiger partial charge on any atom is 0.0130 e. The fourth-order valence-corrected chi connectivity index (χ4v) is 2.51. The molecule has 96 valence electrons. The molecule has 1 aromatic carbocycles. The number of benzene rings is 1. The van der Waals surface area contributed by atoms with Gasteiger partial charge in [-0.1, -0.05) is 39.8 Å². The number of halogens is 1. The Kier molecular flexibility index (Phi) is 5.93. The van der Waals surface area contributed by atoms with Gasteiger partial charge in [-0.2, -0.15) is 0 Å². The number of hydrogen-bond donors (Lipinski definition) is 1. The fourth-order valence-electron chi connectivity index (χ4n) is 2.15. The van der Waals surface area contributed by atoms with Crippen LogP contribution in [0.3, 0.4) is 0 Å². The molecule has 0 fully saturated rings. The second-order valence-electron chi connectivity index (χ2n) is 5.85. The molecule has 0 aliphatic carbocycles. The van der Waals surface area contributed by atoms with Gasteiger partial charge in [0.1, 0.15) is 0 Å². The van der Waals surface area contributed by atoms with Gasteiger partial charge in [0.2, 0.25) is 0 Å². The van der Waals surface area contributed by atoms with E-state index in [1.54, 1.807) is 0 Å². The first-order chi connectivity index (χ1) is 7.90. The molecule has 1 atom stereocenters. The Labute approximate surface area is 120 Å². The molecule has 0 bridgehead atoms. The number of rotatable bonds is 5. The van der Waals surface area contributed by atoms with Gasteiger partial charge in [0, 0.05) is 9.61 Å². The topological polar surface area (TPSA) is 12.0 Å². The van der Waals surface area contributed by atoms with E-state index in [1.165, 1.54) is 15.6 Å². The van der Waals surface area contributed by atoms with Gasteiger partial charge in [-0.25, -0.2) is 0 Å². The van der Waals surface area contributed by atoms with E-state index < -0.39 is 0 Å². The summed E-state index contributed by atoms with van der Waals surface area (Å²) in [5.74, 6) is 0. The quantitative estimate of drug-likeness (QED) is 0.787. The first-order valence-electron chi connectivity index (χ1n) is 6.38. The molecule has 0 aliphatic rings. The molecule has 17 heavy (non-hydrogen) atoms. The smallest absolute Gasteiger partial charge is 0.0130 e. The van der Waals surface area contributed by atoms with Gasteiger partial charge in [-0.05, 0) is 65.1 Å². The highest BCUT2D eigenvalue weighted by atomic mass is 127. The summed E-state index contributed by atoms with van der Waals surface area (Å²) in [7, 11) is 0. The molecule has 0 aliphatic heterocycles. The van der Waals surface area contributed by atoms with Gasteiger partial charge < -0.3 is 5.32 Å². The van der Waals surface area contributed by atoms with E-state index in [2.05, 4.69) is 79.9 Å². The molecule has 0 spiro atoms. The van der Waals surface area contributed by atoms with Crippen LogP contribution in [0.25, 0.3) is 0 Å². The van der Waals surface area contributed by atoms with Crippen molar-refractivity contribution in [3.05, 3.63) is 33.4 Å². The van der Waals surface area contributed by atoms with Crippen LogP contribution in [0.15, 0.2) is 24.3 Å². The van der Waals surface area contributed by atoms with Crippen molar-refractivity contribution in [3.8, 4) is 0 Å². The third-order valence-electron chi connectivity index (χ3n) is 2.75. The zero-order valence-corrected chi connectivity index (χ0v) is 13.5. The zero-order chi connectivity index (χ0) is 12.9. The molecule has 2 heteroatoms. The Morgan fingerprint density at radius 3 is 2.24 bits per heavy atom. The van der Waals surface area contributed by atoms with E-state index in [-0.39, 0.29) is 0 Å². The van der Waals surface area contributed by atoms with E-state index in [1.807, 2.05) is 0 Å². The van der Waals surface area contributed by atoms with Crippen molar-refractivity contribution >= 4 is 22.6 Å². The van der Waals surface area contributed by atoms with Crippen LogP contribution in [0.4, 0.5) is 0 Å². The molecule has 1 unspecified atom stereocenters. The fraction of sp³-hybridized carbons (Fsp3) is 0.600. The molecular weight excluding hydrogens is 321 g/mol. The van der Waals surface area contributed by atoms with E-state index >= 15 is 0 Å². The van der Waals surface area contributed by atoms with Crippen LogP contribution in [0.1, 0.15) is 39.7 Å². The monoisotopic (exact) mass is 345 g/mol. The molecule has 0 saturated carbocycles. The molecule has 0 radical (unpaired) electrons. The highest BCUT2D eigenvalue weighted by Crippen LogP contribution is 2.22. The molecule has 0 heterocycles. The standard InChI is InChI=1S/C15H24IN/c1-5-17-14(11-15(2,3)4)10-12-6-8-13(16)9-7-12/h6-9,14,17H,5,10-11H2,1-4H3. The Hall–Kier alpha value is -0.0900. The molecular formula is C15H24IN. The largest absolute Gasteiger partial charge is 0.314 e. The van der Waals surface area contributed by atoms with Crippen molar-refractivity contribution in [2.75, 3.05) is 6.54 Å². The van der Waals surface area contributed by atoms with Gasteiger partial charge in [0.25, 0.3) is 0 Å². The van der Waals surface area contributed by atoms with Gasteiger partial charge in [-0.15, -0.1) is 0 Å². The molecule has 1 nitrogen and oxygen atoms in total. The van der Waals surface area contributed by atoms with Crippen LogP contribution in [0.2, 0.25) is 0 Å². The number of hydrogen-bond acceptors (Lipinski definition) is 1. The summed E-state index contributed by atoms with van der Waals surface area (Å²) in [4.78, 5) is 0. The summed E-state index contributed by atoms with van der Waals surface area (Å²) in [5.41, 5.74) is 1.82. The minimum atomic E-state index is 0.385. The lowest BCUT2D eigenvalue weighted by molar-refractivity contribution is 0.309. The van der Waals surface area contributed by atoms with Gasteiger partial charge in [0.05, 0.1) is 0 Å². The summed E-state index contributed by atoms with van der Waals surface area (Å²) >= 11 is 2.35. The van der Waals surface area contributed by atoms with Crippen molar-refractivity contribution in [1.82, 2.24) is 5.32 Å². The summed E-state index contributed by atoms with van der Waals surface area (Å²) in [5, 5.41) is 3.60. The van der Waals surface area contributed by atoms with Gasteiger partial charge >= 0.3 is 0 Å². The molecule has 0 aromatic heterocycles. The predicted octanol–water partition coefficient (Wildman–Crippen LogP) is 4.25. The molecule has 0 saturated heterocycles. The van der Waals surface area contributed by atoms with Crippen LogP contribution in [0.5, 0.6) is 0 Å². The third kappa shape index (κ3) is 6.41. The third-order valence-corrected chi connectivity index (χ3v) is 3.47.